The van der Waals surface area contributed by atoms with E-state index in [9.17, 15) is 0 Å². The van der Waals surface area contributed by atoms with Crippen LogP contribution in [0.15, 0.2) is 152 Å². The zero-order chi connectivity index (χ0) is 29.0. The Morgan fingerprint density at radius 3 is 1.95 bits per heavy atom. The number of anilines is 3. The van der Waals surface area contributed by atoms with Crippen LogP contribution in [0.3, 0.4) is 0 Å². The molecule has 0 unspecified atom stereocenters. The van der Waals surface area contributed by atoms with Gasteiger partial charge >= 0.3 is 0 Å². The molecule has 8 rings (SSSR count). The number of para-hydroxylation sites is 2. The number of fused-ring (bicyclic) bond motifs is 5. The van der Waals surface area contributed by atoms with Crippen molar-refractivity contribution in [3.05, 3.63) is 163 Å². The van der Waals surface area contributed by atoms with Gasteiger partial charge in [-0.2, -0.15) is 0 Å². The Bertz CT molecular complexity index is 2130. The minimum atomic E-state index is -0.206. The Balaban J connectivity index is 1.35. The van der Waals surface area contributed by atoms with Gasteiger partial charge in [0.25, 0.3) is 0 Å². The van der Waals surface area contributed by atoms with Crippen LogP contribution in [0.25, 0.3) is 32.7 Å². The topological polar surface area (TPSA) is 12.5 Å². The highest BCUT2D eigenvalue weighted by Gasteiger charge is 2.36. The minimum Gasteiger partial charge on any atom is -0.455 e. The summed E-state index contributed by atoms with van der Waals surface area (Å²) in [4.78, 5) is 2.35. The molecule has 0 atom stereocenters. The second-order valence-corrected chi connectivity index (χ2v) is 11.8. The van der Waals surface area contributed by atoms with Crippen LogP contribution in [-0.2, 0) is 5.41 Å². The lowest BCUT2D eigenvalue weighted by Crippen LogP contribution is -2.25. The average molecular weight is 554 g/mol. The first kappa shape index (κ1) is 25.4. The molecule has 43 heavy (non-hydrogen) atoms. The lowest BCUT2D eigenvalue weighted by molar-refractivity contribution is 0.419. The van der Waals surface area contributed by atoms with Crippen LogP contribution in [-0.4, -0.2) is 0 Å². The fourth-order valence-corrected chi connectivity index (χ4v) is 6.62. The lowest BCUT2D eigenvalue weighted by atomic mass is 9.75. The van der Waals surface area contributed by atoms with E-state index in [0.29, 0.717) is 0 Å². The van der Waals surface area contributed by atoms with E-state index in [1.165, 1.54) is 43.8 Å². The van der Waals surface area contributed by atoms with Crippen LogP contribution in [0.2, 0.25) is 0 Å². The summed E-state index contributed by atoms with van der Waals surface area (Å²) < 4.78 is 6.78. The molecule has 0 radical (unpaired) electrons. The summed E-state index contributed by atoms with van der Waals surface area (Å²) in [6, 6.07) is 54.2. The second-order valence-electron chi connectivity index (χ2n) is 11.8. The third-order valence-electron chi connectivity index (χ3n) is 8.90. The van der Waals surface area contributed by atoms with E-state index in [0.717, 1.165) is 28.6 Å². The van der Waals surface area contributed by atoms with Gasteiger partial charge in [0.2, 0.25) is 0 Å². The fourth-order valence-electron chi connectivity index (χ4n) is 6.62. The Kier molecular flexibility index (Phi) is 5.84. The summed E-state index contributed by atoms with van der Waals surface area (Å²) in [5, 5.41) is 4.95. The van der Waals surface area contributed by atoms with Gasteiger partial charge in [-0.1, -0.05) is 129 Å². The number of hydrogen-bond acceptors (Lipinski definition) is 2. The predicted octanol–water partition coefficient (Wildman–Crippen LogP) is 11.6. The Morgan fingerprint density at radius 1 is 0.488 bits per heavy atom. The van der Waals surface area contributed by atoms with E-state index >= 15 is 0 Å². The van der Waals surface area contributed by atoms with Gasteiger partial charge in [-0.3, -0.25) is 0 Å². The monoisotopic (exact) mass is 553 g/mol. The summed E-state index contributed by atoms with van der Waals surface area (Å²) in [5.41, 5.74) is 7.76. The van der Waals surface area contributed by atoms with Crippen molar-refractivity contribution in [3.63, 3.8) is 0 Å². The molecule has 2 heteroatoms. The van der Waals surface area contributed by atoms with E-state index in [4.69, 9.17) is 4.74 Å². The fraction of sp³-hybridized carbons (Fsp3) is 0.0732. The number of benzene rings is 7. The van der Waals surface area contributed by atoms with Crippen LogP contribution < -0.4 is 9.64 Å². The van der Waals surface area contributed by atoms with Crippen LogP contribution in [0, 0.1) is 0 Å². The zero-order valence-corrected chi connectivity index (χ0v) is 24.3. The van der Waals surface area contributed by atoms with E-state index < -0.39 is 0 Å². The molecule has 1 heterocycles. The molecule has 0 fully saturated rings. The quantitative estimate of drug-likeness (QED) is 0.201. The molecular formula is C41H31NO. The molecule has 1 aliphatic rings. The minimum absolute atomic E-state index is 0.206. The molecule has 7 aromatic carbocycles. The van der Waals surface area contributed by atoms with Crippen LogP contribution >= 0.6 is 0 Å². The Labute approximate surface area is 252 Å². The van der Waals surface area contributed by atoms with Gasteiger partial charge < -0.3 is 9.64 Å². The molecule has 0 amide bonds. The molecule has 1 aliphatic heterocycles. The molecule has 0 N–H and O–H groups in total. The first-order valence-electron chi connectivity index (χ1n) is 14.9. The predicted molar refractivity (Wildman–Crippen MR) is 180 cm³/mol. The Morgan fingerprint density at radius 2 is 1.12 bits per heavy atom. The van der Waals surface area contributed by atoms with E-state index in [-0.39, 0.29) is 5.41 Å². The van der Waals surface area contributed by atoms with Crippen LogP contribution in [0.1, 0.15) is 25.0 Å². The summed E-state index contributed by atoms with van der Waals surface area (Å²) in [7, 11) is 0. The smallest absolute Gasteiger partial charge is 0.155 e. The first-order valence-corrected chi connectivity index (χ1v) is 14.9. The summed E-state index contributed by atoms with van der Waals surface area (Å²) in [6.45, 7) is 4.58. The molecule has 206 valence electrons. The normalized spacial score (nSPS) is 13.3. The molecule has 0 spiro atoms. The van der Waals surface area contributed by atoms with Crippen molar-refractivity contribution in [2.75, 3.05) is 4.90 Å². The molecule has 0 bridgehead atoms. The van der Waals surface area contributed by atoms with E-state index in [1.807, 2.05) is 0 Å². The van der Waals surface area contributed by atoms with Gasteiger partial charge in [0.05, 0.1) is 5.69 Å². The van der Waals surface area contributed by atoms with E-state index in [2.05, 4.69) is 170 Å². The molecule has 0 saturated heterocycles. The summed E-state index contributed by atoms with van der Waals surface area (Å²) in [5.74, 6) is 1.81. The highest BCUT2D eigenvalue weighted by atomic mass is 16.5. The van der Waals surface area contributed by atoms with Crippen molar-refractivity contribution in [1.82, 2.24) is 0 Å². The van der Waals surface area contributed by atoms with Gasteiger partial charge in [0, 0.05) is 27.9 Å². The van der Waals surface area contributed by atoms with Crippen molar-refractivity contribution in [3.8, 4) is 22.6 Å². The summed E-state index contributed by atoms with van der Waals surface area (Å²) in [6.07, 6.45) is 0. The van der Waals surface area contributed by atoms with Crippen molar-refractivity contribution < 1.29 is 4.74 Å². The van der Waals surface area contributed by atoms with Crippen molar-refractivity contribution in [2.45, 2.75) is 19.3 Å². The molecule has 0 saturated carbocycles. The molecule has 2 nitrogen and oxygen atoms in total. The number of nitrogens with zero attached hydrogens (tertiary/aromatic N) is 1. The third-order valence-corrected chi connectivity index (χ3v) is 8.90. The Hall–Kier alpha value is -5.34. The maximum absolute atomic E-state index is 6.78. The van der Waals surface area contributed by atoms with Crippen LogP contribution in [0.4, 0.5) is 17.1 Å². The summed E-state index contributed by atoms with van der Waals surface area (Å²) >= 11 is 0. The van der Waals surface area contributed by atoms with Gasteiger partial charge in [-0.05, 0) is 69.1 Å². The zero-order valence-electron chi connectivity index (χ0n) is 24.3. The number of hydrogen-bond donors (Lipinski definition) is 0. The van der Waals surface area contributed by atoms with Gasteiger partial charge in [0.1, 0.15) is 5.75 Å². The largest absolute Gasteiger partial charge is 0.455 e. The van der Waals surface area contributed by atoms with Gasteiger partial charge in [-0.15, -0.1) is 0 Å². The maximum atomic E-state index is 6.78. The maximum Gasteiger partial charge on any atom is 0.155 e. The van der Waals surface area contributed by atoms with E-state index in [1.54, 1.807) is 0 Å². The van der Waals surface area contributed by atoms with Gasteiger partial charge in [0.15, 0.2) is 5.75 Å². The molecular weight excluding hydrogens is 522 g/mol. The van der Waals surface area contributed by atoms with Crippen molar-refractivity contribution >= 4 is 38.6 Å². The highest BCUT2D eigenvalue weighted by molar-refractivity contribution is 6.09. The SMILES string of the molecule is CC1(C)c2ccccc2Oc2c(N(c3ccc(-c4ccccc4)cc3)c3ccc4ccc5ccccc5c4c3)cccc21. The van der Waals surface area contributed by atoms with Crippen LogP contribution in [0.5, 0.6) is 11.5 Å². The number of ether oxygens (including phenoxy) is 1. The first-order chi connectivity index (χ1) is 21.1. The molecule has 7 aromatic rings. The van der Waals surface area contributed by atoms with Crippen molar-refractivity contribution in [2.24, 2.45) is 0 Å². The van der Waals surface area contributed by atoms with Crippen molar-refractivity contribution in [1.29, 1.82) is 0 Å². The molecule has 0 aliphatic carbocycles. The van der Waals surface area contributed by atoms with Gasteiger partial charge in [-0.25, -0.2) is 0 Å². The highest BCUT2D eigenvalue weighted by Crippen LogP contribution is 2.53. The lowest BCUT2D eigenvalue weighted by Gasteiger charge is -2.37. The molecule has 0 aromatic heterocycles. The standard InChI is InChI=1S/C41H31NO/c1-41(2)36-15-8-9-18-39(36)43-40-37(41)16-10-17-38(40)42(32-24-21-29(22-25-32)28-11-4-3-5-12-28)33-26-23-31-20-19-30-13-6-7-14-34(30)35(31)27-33/h3-27H,1-2H3. The third kappa shape index (κ3) is 4.18. The second kappa shape index (κ2) is 9.89. The number of rotatable bonds is 4. The average Bonchev–Trinajstić information content (AvgIpc) is 3.06.